The first-order valence-electron chi connectivity index (χ1n) is 7.03. The van der Waals surface area contributed by atoms with Crippen LogP contribution in [0, 0.1) is 0 Å². The van der Waals surface area contributed by atoms with Crippen LogP contribution in [0.2, 0.25) is 5.02 Å². The average Bonchev–Trinajstić information content (AvgIpc) is 2.59. The second-order valence-corrected chi connectivity index (χ2v) is 5.15. The summed E-state index contributed by atoms with van der Waals surface area (Å²) in [6.45, 7) is 0. The standard InChI is InChI=1S/C18H14ClN3O/c19-15-6-10-17(11-7-15)23-16-8-4-14(5-9-16)13-21-22-18-3-1-2-12-20-18/h1-13H,(H,20,22). The largest absolute Gasteiger partial charge is 0.457 e. The number of nitrogens with one attached hydrogen (secondary N) is 1. The maximum absolute atomic E-state index is 5.85. The highest BCUT2D eigenvalue weighted by atomic mass is 35.5. The van der Waals surface area contributed by atoms with Crippen molar-refractivity contribution in [1.82, 2.24) is 4.98 Å². The molecule has 0 amide bonds. The minimum absolute atomic E-state index is 0.685. The van der Waals surface area contributed by atoms with Crippen LogP contribution in [0.4, 0.5) is 5.82 Å². The number of benzene rings is 2. The molecule has 5 heteroatoms. The topological polar surface area (TPSA) is 46.5 Å². The molecule has 0 aliphatic heterocycles. The van der Waals surface area contributed by atoms with Crippen molar-refractivity contribution in [3.05, 3.63) is 83.5 Å². The lowest BCUT2D eigenvalue weighted by Crippen LogP contribution is -1.92. The highest BCUT2D eigenvalue weighted by molar-refractivity contribution is 6.30. The number of hydrazone groups is 1. The van der Waals surface area contributed by atoms with E-state index in [-0.39, 0.29) is 0 Å². The number of halogens is 1. The lowest BCUT2D eigenvalue weighted by molar-refractivity contribution is 0.482. The first-order valence-corrected chi connectivity index (χ1v) is 7.41. The highest BCUT2D eigenvalue weighted by Gasteiger charge is 1.97. The third-order valence-corrected chi connectivity index (χ3v) is 3.24. The molecule has 1 N–H and O–H groups in total. The molecular weight excluding hydrogens is 310 g/mol. The Hall–Kier alpha value is -2.85. The van der Waals surface area contributed by atoms with Gasteiger partial charge >= 0.3 is 0 Å². The van der Waals surface area contributed by atoms with Crippen LogP contribution in [0.3, 0.4) is 0 Å². The normalized spacial score (nSPS) is 10.7. The van der Waals surface area contributed by atoms with Crippen molar-refractivity contribution in [2.75, 3.05) is 5.43 Å². The van der Waals surface area contributed by atoms with Gasteiger partial charge in [-0.1, -0.05) is 17.7 Å². The number of anilines is 1. The van der Waals surface area contributed by atoms with Crippen LogP contribution < -0.4 is 10.2 Å². The Kier molecular flexibility index (Phi) is 4.86. The number of hydrogen-bond donors (Lipinski definition) is 1. The molecule has 1 heterocycles. The molecular formula is C18H14ClN3O. The fraction of sp³-hybridized carbons (Fsp3) is 0. The average molecular weight is 324 g/mol. The molecule has 0 bridgehead atoms. The summed E-state index contributed by atoms with van der Waals surface area (Å²) in [5, 5.41) is 4.83. The number of rotatable bonds is 5. The molecule has 23 heavy (non-hydrogen) atoms. The first kappa shape index (κ1) is 15.1. The van der Waals surface area contributed by atoms with E-state index in [4.69, 9.17) is 16.3 Å². The van der Waals surface area contributed by atoms with Crippen molar-refractivity contribution in [3.63, 3.8) is 0 Å². The molecule has 0 unspecified atom stereocenters. The van der Waals surface area contributed by atoms with Gasteiger partial charge in [0.1, 0.15) is 17.3 Å². The quantitative estimate of drug-likeness (QED) is 0.532. The van der Waals surface area contributed by atoms with Gasteiger partial charge in [-0.2, -0.15) is 5.10 Å². The van der Waals surface area contributed by atoms with Gasteiger partial charge in [-0.25, -0.2) is 4.98 Å². The summed E-state index contributed by atoms with van der Waals surface area (Å²) in [7, 11) is 0. The van der Waals surface area contributed by atoms with E-state index >= 15 is 0 Å². The Morgan fingerprint density at radius 1 is 0.913 bits per heavy atom. The number of aromatic nitrogens is 1. The molecule has 0 saturated heterocycles. The minimum atomic E-state index is 0.685. The first-order chi connectivity index (χ1) is 11.3. The van der Waals surface area contributed by atoms with E-state index < -0.39 is 0 Å². The molecule has 0 atom stereocenters. The fourth-order valence-corrected chi connectivity index (χ4v) is 1.99. The SMILES string of the molecule is Clc1ccc(Oc2ccc(C=NNc3ccccn3)cc2)cc1. The summed E-state index contributed by atoms with van der Waals surface area (Å²) in [6.07, 6.45) is 3.43. The molecule has 3 aromatic rings. The van der Waals surface area contributed by atoms with Crippen LogP contribution in [0.5, 0.6) is 11.5 Å². The fourth-order valence-electron chi connectivity index (χ4n) is 1.86. The molecule has 114 valence electrons. The maximum Gasteiger partial charge on any atom is 0.146 e. The summed E-state index contributed by atoms with van der Waals surface area (Å²) in [5.41, 5.74) is 3.82. The lowest BCUT2D eigenvalue weighted by atomic mass is 10.2. The van der Waals surface area contributed by atoms with Gasteiger partial charge in [-0.3, -0.25) is 5.43 Å². The van der Waals surface area contributed by atoms with Gasteiger partial charge in [0.05, 0.1) is 6.21 Å². The lowest BCUT2D eigenvalue weighted by Gasteiger charge is -2.05. The van der Waals surface area contributed by atoms with E-state index in [1.54, 1.807) is 24.5 Å². The molecule has 0 aliphatic rings. The van der Waals surface area contributed by atoms with Gasteiger partial charge < -0.3 is 4.74 Å². The smallest absolute Gasteiger partial charge is 0.146 e. The van der Waals surface area contributed by atoms with E-state index in [0.717, 1.165) is 17.1 Å². The van der Waals surface area contributed by atoms with E-state index in [1.807, 2.05) is 54.6 Å². The van der Waals surface area contributed by atoms with Crippen molar-refractivity contribution in [1.29, 1.82) is 0 Å². The number of pyridine rings is 1. The molecule has 0 fully saturated rings. The third-order valence-electron chi connectivity index (χ3n) is 2.99. The van der Waals surface area contributed by atoms with Gasteiger partial charge in [0, 0.05) is 11.2 Å². The molecule has 0 spiro atoms. The zero-order valence-corrected chi connectivity index (χ0v) is 12.9. The predicted octanol–water partition coefficient (Wildman–Crippen LogP) is 4.97. The Morgan fingerprint density at radius 2 is 1.61 bits per heavy atom. The van der Waals surface area contributed by atoms with Gasteiger partial charge in [-0.05, 0) is 66.2 Å². The Balaban J connectivity index is 1.59. The highest BCUT2D eigenvalue weighted by Crippen LogP contribution is 2.23. The molecule has 4 nitrogen and oxygen atoms in total. The number of ether oxygens (including phenoxy) is 1. The Bertz CT molecular complexity index is 772. The van der Waals surface area contributed by atoms with Gasteiger partial charge in [0.25, 0.3) is 0 Å². The van der Waals surface area contributed by atoms with Crippen LogP contribution in [-0.4, -0.2) is 11.2 Å². The summed E-state index contributed by atoms with van der Waals surface area (Å²) in [4.78, 5) is 4.12. The number of nitrogens with zero attached hydrogens (tertiary/aromatic N) is 2. The van der Waals surface area contributed by atoms with Gasteiger partial charge in [0.2, 0.25) is 0 Å². The van der Waals surface area contributed by atoms with E-state index in [1.165, 1.54) is 0 Å². The van der Waals surface area contributed by atoms with Gasteiger partial charge in [-0.15, -0.1) is 0 Å². The zero-order valence-electron chi connectivity index (χ0n) is 12.2. The van der Waals surface area contributed by atoms with Crippen molar-refractivity contribution in [2.45, 2.75) is 0 Å². The minimum Gasteiger partial charge on any atom is -0.457 e. The molecule has 1 aromatic heterocycles. The molecule has 3 rings (SSSR count). The molecule has 0 radical (unpaired) electrons. The number of hydrogen-bond acceptors (Lipinski definition) is 4. The van der Waals surface area contributed by atoms with Crippen molar-refractivity contribution in [2.24, 2.45) is 5.10 Å². The second kappa shape index (κ2) is 7.42. The van der Waals surface area contributed by atoms with E-state index in [2.05, 4.69) is 15.5 Å². The van der Waals surface area contributed by atoms with Crippen molar-refractivity contribution in [3.8, 4) is 11.5 Å². The Labute approximate surface area is 139 Å². The van der Waals surface area contributed by atoms with Crippen LogP contribution in [0.25, 0.3) is 0 Å². The maximum atomic E-state index is 5.85. The van der Waals surface area contributed by atoms with Crippen LogP contribution >= 0.6 is 11.6 Å². The van der Waals surface area contributed by atoms with Crippen molar-refractivity contribution < 1.29 is 4.74 Å². The molecule has 0 saturated carbocycles. The summed E-state index contributed by atoms with van der Waals surface area (Å²) >= 11 is 5.85. The zero-order chi connectivity index (χ0) is 15.9. The van der Waals surface area contributed by atoms with Crippen LogP contribution in [-0.2, 0) is 0 Å². The summed E-state index contributed by atoms with van der Waals surface area (Å²) < 4.78 is 5.73. The van der Waals surface area contributed by atoms with E-state index in [0.29, 0.717) is 10.8 Å². The summed E-state index contributed by atoms with van der Waals surface area (Å²) in [6, 6.07) is 20.5. The Morgan fingerprint density at radius 3 is 2.26 bits per heavy atom. The van der Waals surface area contributed by atoms with Crippen molar-refractivity contribution >= 4 is 23.6 Å². The van der Waals surface area contributed by atoms with Gasteiger partial charge in [0.15, 0.2) is 0 Å². The van der Waals surface area contributed by atoms with Crippen LogP contribution in [0.1, 0.15) is 5.56 Å². The third kappa shape index (κ3) is 4.56. The second-order valence-electron chi connectivity index (χ2n) is 4.71. The predicted molar refractivity (Wildman–Crippen MR) is 93.4 cm³/mol. The molecule has 2 aromatic carbocycles. The molecule has 0 aliphatic carbocycles. The summed E-state index contributed by atoms with van der Waals surface area (Å²) in [5.74, 6) is 2.20. The monoisotopic (exact) mass is 323 g/mol. The van der Waals surface area contributed by atoms with Crippen LogP contribution in [0.15, 0.2) is 78.0 Å². The van der Waals surface area contributed by atoms with E-state index in [9.17, 15) is 0 Å².